The van der Waals surface area contributed by atoms with Crippen molar-refractivity contribution in [2.75, 3.05) is 0 Å². The molecule has 2 aromatic heterocycles. The lowest BCUT2D eigenvalue weighted by Crippen LogP contribution is -2.25. The molecule has 38 heavy (non-hydrogen) atoms. The first-order valence-corrected chi connectivity index (χ1v) is 13.4. The maximum absolute atomic E-state index is 13.8. The topological polar surface area (TPSA) is 81.4 Å². The largest absolute Gasteiger partial charge is 0.333 e. The molecule has 0 aliphatic heterocycles. The average Bonchev–Trinajstić information content (AvgIpc) is 3.58. The minimum absolute atomic E-state index is 0.0211. The zero-order valence-electron chi connectivity index (χ0n) is 22.3. The lowest BCUT2D eigenvalue weighted by molar-refractivity contribution is 0.653. The standard InChI is InChI=1S/C31H34N6O/c1-4-6-7-13-26-21-37(29-22(3)11-10-12-24(29)5-2)31(38)36(26)20-23-16-18-25(19-17-23)27-14-8-9-15-28(27)30-32-34-35-33-30/h8-12,14-19,21H,4-7,13,20H2,1-3H3,(H,32,33,34,35). The molecule has 0 aliphatic carbocycles. The molecular formula is C31H34N6O. The normalized spacial score (nSPS) is 11.2. The van der Waals surface area contributed by atoms with Crippen molar-refractivity contribution in [3.8, 4) is 28.2 Å². The van der Waals surface area contributed by atoms with E-state index in [4.69, 9.17) is 0 Å². The fourth-order valence-corrected chi connectivity index (χ4v) is 5.15. The summed E-state index contributed by atoms with van der Waals surface area (Å²) >= 11 is 0. The van der Waals surface area contributed by atoms with Crippen LogP contribution in [0.5, 0.6) is 0 Å². The zero-order valence-corrected chi connectivity index (χ0v) is 22.3. The Balaban J connectivity index is 1.49. The van der Waals surface area contributed by atoms with Gasteiger partial charge in [0.1, 0.15) is 0 Å². The van der Waals surface area contributed by atoms with Gasteiger partial charge < -0.3 is 0 Å². The molecule has 0 unspecified atom stereocenters. The fourth-order valence-electron chi connectivity index (χ4n) is 5.15. The molecule has 5 aromatic rings. The number of H-pyrrole nitrogens is 1. The second-order valence-corrected chi connectivity index (χ2v) is 9.74. The first kappa shape index (κ1) is 25.4. The van der Waals surface area contributed by atoms with Crippen LogP contribution in [-0.2, 0) is 19.4 Å². The van der Waals surface area contributed by atoms with E-state index in [9.17, 15) is 4.79 Å². The van der Waals surface area contributed by atoms with Crippen LogP contribution in [0.25, 0.3) is 28.2 Å². The highest BCUT2D eigenvalue weighted by Crippen LogP contribution is 2.30. The second-order valence-electron chi connectivity index (χ2n) is 9.74. The molecular weight excluding hydrogens is 472 g/mol. The third-order valence-corrected chi connectivity index (χ3v) is 7.17. The lowest BCUT2D eigenvalue weighted by atomic mass is 9.98. The molecule has 5 rings (SSSR count). The molecule has 1 N–H and O–H groups in total. The van der Waals surface area contributed by atoms with Crippen molar-refractivity contribution >= 4 is 0 Å². The van der Waals surface area contributed by atoms with Gasteiger partial charge in [-0.2, -0.15) is 0 Å². The van der Waals surface area contributed by atoms with E-state index >= 15 is 0 Å². The Labute approximate surface area is 223 Å². The Morgan fingerprint density at radius 2 is 1.68 bits per heavy atom. The van der Waals surface area contributed by atoms with Gasteiger partial charge >= 0.3 is 5.69 Å². The molecule has 0 fully saturated rings. The smallest absolute Gasteiger partial charge is 0.292 e. The molecule has 2 heterocycles. The van der Waals surface area contributed by atoms with Gasteiger partial charge in [-0.15, -0.1) is 5.10 Å². The number of aryl methyl sites for hydroxylation is 3. The van der Waals surface area contributed by atoms with Gasteiger partial charge in [-0.3, -0.25) is 9.13 Å². The van der Waals surface area contributed by atoms with Gasteiger partial charge in [0.25, 0.3) is 0 Å². The Morgan fingerprint density at radius 3 is 2.39 bits per heavy atom. The molecule has 7 heteroatoms. The molecule has 0 saturated carbocycles. The highest BCUT2D eigenvalue weighted by atomic mass is 16.1. The first-order valence-electron chi connectivity index (χ1n) is 13.4. The number of para-hydroxylation sites is 1. The Hall–Kier alpha value is -4.26. The number of unbranched alkanes of at least 4 members (excludes halogenated alkanes) is 2. The van der Waals surface area contributed by atoms with E-state index in [-0.39, 0.29) is 5.69 Å². The van der Waals surface area contributed by atoms with E-state index < -0.39 is 0 Å². The zero-order chi connectivity index (χ0) is 26.5. The molecule has 0 atom stereocenters. The highest BCUT2D eigenvalue weighted by molar-refractivity contribution is 5.80. The van der Waals surface area contributed by atoms with Crippen molar-refractivity contribution in [2.24, 2.45) is 0 Å². The number of aromatic amines is 1. The summed E-state index contributed by atoms with van der Waals surface area (Å²) < 4.78 is 3.82. The average molecular weight is 507 g/mol. The number of hydrogen-bond donors (Lipinski definition) is 1. The van der Waals surface area contributed by atoms with Crippen molar-refractivity contribution in [2.45, 2.75) is 59.4 Å². The minimum Gasteiger partial charge on any atom is -0.292 e. The van der Waals surface area contributed by atoms with Crippen LogP contribution in [0.2, 0.25) is 0 Å². The summed E-state index contributed by atoms with van der Waals surface area (Å²) in [6.07, 6.45) is 7.21. The third-order valence-electron chi connectivity index (χ3n) is 7.17. The predicted molar refractivity (Wildman–Crippen MR) is 152 cm³/mol. The summed E-state index contributed by atoms with van der Waals surface area (Å²) in [5.41, 5.74) is 8.58. The molecule has 194 valence electrons. The quantitative estimate of drug-likeness (QED) is 0.231. The summed E-state index contributed by atoms with van der Waals surface area (Å²) in [6.45, 7) is 6.97. The van der Waals surface area contributed by atoms with Crippen LogP contribution in [0.15, 0.2) is 77.7 Å². The summed E-state index contributed by atoms with van der Waals surface area (Å²) in [5.74, 6) is 0.636. The van der Waals surface area contributed by atoms with Gasteiger partial charge in [0.15, 0.2) is 5.82 Å². The van der Waals surface area contributed by atoms with Crippen molar-refractivity contribution < 1.29 is 0 Å². The second kappa shape index (κ2) is 11.4. The van der Waals surface area contributed by atoms with Crippen LogP contribution in [-0.4, -0.2) is 29.8 Å². The lowest BCUT2D eigenvalue weighted by Gasteiger charge is -2.11. The van der Waals surface area contributed by atoms with Crippen LogP contribution in [0, 0.1) is 6.92 Å². The van der Waals surface area contributed by atoms with Gasteiger partial charge in [-0.25, -0.2) is 9.89 Å². The van der Waals surface area contributed by atoms with Crippen molar-refractivity contribution in [1.82, 2.24) is 29.8 Å². The van der Waals surface area contributed by atoms with Crippen LogP contribution in [0.3, 0.4) is 0 Å². The minimum atomic E-state index is 0.0211. The van der Waals surface area contributed by atoms with Gasteiger partial charge in [0.05, 0.1) is 12.2 Å². The van der Waals surface area contributed by atoms with Crippen molar-refractivity contribution in [3.63, 3.8) is 0 Å². The van der Waals surface area contributed by atoms with E-state index in [0.29, 0.717) is 12.4 Å². The Bertz CT molecular complexity index is 1560. The van der Waals surface area contributed by atoms with Crippen molar-refractivity contribution in [1.29, 1.82) is 0 Å². The van der Waals surface area contributed by atoms with E-state index in [1.165, 1.54) is 5.56 Å². The number of aromatic nitrogens is 6. The Morgan fingerprint density at radius 1 is 0.895 bits per heavy atom. The van der Waals surface area contributed by atoms with E-state index in [2.05, 4.69) is 96.1 Å². The van der Waals surface area contributed by atoms with Crippen LogP contribution >= 0.6 is 0 Å². The fraction of sp³-hybridized carbons (Fsp3) is 0.290. The van der Waals surface area contributed by atoms with Gasteiger partial charge in [0, 0.05) is 17.5 Å². The number of hydrogen-bond acceptors (Lipinski definition) is 4. The summed E-state index contributed by atoms with van der Waals surface area (Å²) in [5, 5.41) is 14.4. The van der Waals surface area contributed by atoms with Gasteiger partial charge in [0.2, 0.25) is 0 Å². The van der Waals surface area contributed by atoms with Gasteiger partial charge in [-0.05, 0) is 64.4 Å². The number of imidazole rings is 1. The summed E-state index contributed by atoms with van der Waals surface area (Å²) in [4.78, 5) is 13.8. The van der Waals surface area contributed by atoms with Crippen LogP contribution in [0.4, 0.5) is 0 Å². The maximum Gasteiger partial charge on any atom is 0.333 e. The molecule has 7 nitrogen and oxygen atoms in total. The number of tetrazole rings is 1. The van der Waals surface area contributed by atoms with E-state index in [0.717, 1.165) is 71.3 Å². The van der Waals surface area contributed by atoms with E-state index in [1.54, 1.807) is 0 Å². The SMILES string of the molecule is CCCCCc1cn(-c2c(C)cccc2CC)c(=O)n1Cc1ccc(-c2ccccc2-c2nnn[nH]2)cc1. The molecule has 0 saturated heterocycles. The predicted octanol–water partition coefficient (Wildman–Crippen LogP) is 6.14. The number of benzene rings is 3. The monoisotopic (exact) mass is 506 g/mol. The third kappa shape index (κ3) is 5.09. The molecule has 0 radical (unpaired) electrons. The highest BCUT2D eigenvalue weighted by Gasteiger charge is 2.17. The summed E-state index contributed by atoms with van der Waals surface area (Å²) in [7, 11) is 0. The molecule has 0 amide bonds. The summed E-state index contributed by atoms with van der Waals surface area (Å²) in [6, 6.07) is 22.8. The Kier molecular flexibility index (Phi) is 7.63. The van der Waals surface area contributed by atoms with Crippen molar-refractivity contribution in [3.05, 3.63) is 106 Å². The number of rotatable bonds is 10. The van der Waals surface area contributed by atoms with Gasteiger partial charge in [-0.1, -0.05) is 93.4 Å². The molecule has 0 aliphatic rings. The number of nitrogens with one attached hydrogen (secondary N) is 1. The molecule has 0 bridgehead atoms. The van der Waals surface area contributed by atoms with Crippen LogP contribution < -0.4 is 5.69 Å². The molecule has 0 spiro atoms. The number of nitrogens with zero attached hydrogens (tertiary/aromatic N) is 5. The maximum atomic E-state index is 13.8. The first-order chi connectivity index (χ1) is 18.6. The molecule has 3 aromatic carbocycles. The van der Waals surface area contributed by atoms with E-state index in [1.807, 2.05) is 27.3 Å². The van der Waals surface area contributed by atoms with Crippen LogP contribution in [0.1, 0.15) is 55.5 Å².